The molecule has 1 amide bonds. The zero-order valence-corrected chi connectivity index (χ0v) is 20.3. The highest BCUT2D eigenvalue weighted by Gasteiger charge is 2.44. The van der Waals surface area contributed by atoms with Crippen molar-refractivity contribution in [3.63, 3.8) is 0 Å². The number of carbonyl (C=O) groups excluding carboxylic acids is 2. The first-order chi connectivity index (χ1) is 17.9. The fourth-order valence-electron chi connectivity index (χ4n) is 4.69. The number of amides is 1. The summed E-state index contributed by atoms with van der Waals surface area (Å²) in [4.78, 5) is 52.3. The normalized spacial score (nSPS) is 22.2. The molecule has 2 aromatic heterocycles. The molecule has 15 heteroatoms. The van der Waals surface area contributed by atoms with Crippen LogP contribution in [0.5, 0.6) is 0 Å². The second-order valence-electron chi connectivity index (χ2n) is 9.42. The second kappa shape index (κ2) is 10.3. The van der Waals surface area contributed by atoms with Crippen LogP contribution in [-0.4, -0.2) is 72.0 Å². The number of aromatic nitrogens is 3. The van der Waals surface area contributed by atoms with Crippen molar-refractivity contribution in [2.24, 2.45) is 5.73 Å². The zero-order chi connectivity index (χ0) is 27.8. The number of aliphatic carboxylic acids is 2. The number of nitrogens with one attached hydrogen (secondary N) is 3. The molecule has 38 heavy (non-hydrogen) atoms. The van der Waals surface area contributed by atoms with Gasteiger partial charge in [0, 0.05) is 23.8 Å². The number of aryl methyl sites for hydroxylation is 1. The smallest absolute Gasteiger partial charge is 0.336 e. The molecule has 4 rings (SSSR count). The Bertz CT molecular complexity index is 1300. The molecule has 2 unspecified atom stereocenters. The van der Waals surface area contributed by atoms with E-state index in [4.69, 9.17) is 15.6 Å². The third kappa shape index (κ3) is 5.15. The number of esters is 1. The lowest BCUT2D eigenvalue weighted by molar-refractivity contribution is -0.174. The Morgan fingerprint density at radius 3 is 2.58 bits per heavy atom. The van der Waals surface area contributed by atoms with E-state index in [9.17, 15) is 29.4 Å². The van der Waals surface area contributed by atoms with E-state index in [0.717, 1.165) is 19.3 Å². The van der Waals surface area contributed by atoms with Crippen molar-refractivity contribution in [1.82, 2.24) is 20.5 Å². The van der Waals surface area contributed by atoms with Crippen LogP contribution in [0.1, 0.15) is 66.4 Å². The number of hydrogen-bond acceptors (Lipinski definition) is 10. The first-order valence-corrected chi connectivity index (χ1v) is 11.9. The summed E-state index contributed by atoms with van der Waals surface area (Å²) in [5.74, 6) is -7.05. The van der Waals surface area contributed by atoms with E-state index in [1.807, 2.05) is 0 Å². The molecule has 1 aliphatic heterocycles. The number of aromatic amines is 1. The van der Waals surface area contributed by atoms with E-state index in [1.54, 1.807) is 6.92 Å². The van der Waals surface area contributed by atoms with Gasteiger partial charge in [-0.05, 0) is 19.8 Å². The molecule has 0 aromatic carbocycles. The Morgan fingerprint density at radius 1 is 1.26 bits per heavy atom. The van der Waals surface area contributed by atoms with Crippen molar-refractivity contribution in [2.45, 2.75) is 69.4 Å². The number of rotatable bonds is 9. The van der Waals surface area contributed by atoms with Gasteiger partial charge in [-0.3, -0.25) is 19.5 Å². The number of nitrogens with two attached hydrogens (primary N) is 1. The number of halogens is 1. The minimum atomic E-state index is -2.98. The van der Waals surface area contributed by atoms with Gasteiger partial charge in [-0.1, -0.05) is 12.8 Å². The zero-order valence-electron chi connectivity index (χ0n) is 20.3. The van der Waals surface area contributed by atoms with Crippen molar-refractivity contribution in [3.05, 3.63) is 28.8 Å². The molecule has 4 atom stereocenters. The van der Waals surface area contributed by atoms with Crippen LogP contribution in [0.15, 0.2) is 6.20 Å². The minimum Gasteiger partial charge on any atom is -0.481 e. The quantitative estimate of drug-likeness (QED) is 0.219. The third-order valence-electron chi connectivity index (χ3n) is 6.68. The molecular weight excluding hydrogens is 507 g/mol. The van der Waals surface area contributed by atoms with Crippen LogP contribution >= 0.6 is 0 Å². The van der Waals surface area contributed by atoms with Crippen molar-refractivity contribution < 1.29 is 43.6 Å². The number of aliphatic hydroxyl groups is 1. The Hall–Kier alpha value is -4.11. The predicted octanol–water partition coefficient (Wildman–Crippen LogP) is 0.567. The lowest BCUT2D eigenvalue weighted by Crippen LogP contribution is -2.43. The van der Waals surface area contributed by atoms with Crippen LogP contribution in [0, 0.1) is 12.7 Å². The van der Waals surface area contributed by atoms with Gasteiger partial charge in [-0.25, -0.2) is 14.2 Å². The molecule has 204 valence electrons. The highest BCUT2D eigenvalue weighted by molar-refractivity contribution is 6.05. The molecular formula is C23H27FN6O8. The van der Waals surface area contributed by atoms with Crippen molar-refractivity contribution >= 4 is 29.6 Å². The van der Waals surface area contributed by atoms with Gasteiger partial charge in [0.05, 0.1) is 35.4 Å². The molecule has 0 radical (unpaired) electrons. The van der Waals surface area contributed by atoms with Gasteiger partial charge in [-0.15, -0.1) is 0 Å². The topological polar surface area (TPSA) is 230 Å². The van der Waals surface area contributed by atoms with Gasteiger partial charge < -0.3 is 36.4 Å². The summed E-state index contributed by atoms with van der Waals surface area (Å²) in [5, 5.41) is 40.3. The van der Waals surface area contributed by atoms with Crippen LogP contribution in [0.25, 0.3) is 11.3 Å². The summed E-state index contributed by atoms with van der Waals surface area (Å²) in [5.41, 5.74) is 3.55. The number of H-pyrrole nitrogens is 1. The maximum atomic E-state index is 15.9. The van der Waals surface area contributed by atoms with Crippen molar-refractivity contribution in [2.75, 3.05) is 5.32 Å². The minimum absolute atomic E-state index is 0.0588. The number of ether oxygens (including phenoxy) is 1. The molecule has 0 spiro atoms. The summed E-state index contributed by atoms with van der Waals surface area (Å²) in [7, 11) is 0. The third-order valence-corrected chi connectivity index (χ3v) is 6.68. The Balaban J connectivity index is 1.72. The van der Waals surface area contributed by atoms with Gasteiger partial charge in [0.1, 0.15) is 0 Å². The average Bonchev–Trinajstić information content (AvgIpc) is 3.39. The SMILES string of the molecule is Cc1n[nH]cc1-c1nc(N[C@@H]2CCCC[C@@H]2N)c(F)c2c1C(=O)NC2OC(=O)CC(O)(CC(=O)O)C(=O)O. The molecule has 2 aromatic rings. The van der Waals surface area contributed by atoms with Gasteiger partial charge in [-0.2, -0.15) is 5.10 Å². The summed E-state index contributed by atoms with van der Waals surface area (Å²) in [6.45, 7) is 1.65. The van der Waals surface area contributed by atoms with Crippen LogP contribution in [0.2, 0.25) is 0 Å². The molecule has 1 aliphatic carbocycles. The lowest BCUT2D eigenvalue weighted by Gasteiger charge is -2.30. The Kier molecular flexibility index (Phi) is 7.33. The summed E-state index contributed by atoms with van der Waals surface area (Å²) >= 11 is 0. The molecule has 0 bridgehead atoms. The standard InChI is InChI=1S/C23H27FN6O8/c1-9-10(8-26-30-9)18-16-15(17(24)19(28-18)27-12-5-3-2-4-11(12)25)21(29-20(16)34)38-14(33)7-23(37,22(35)36)6-13(31)32/h8,11-12,21,37H,2-7,25H2,1H3,(H,26,30)(H,27,28)(H,29,34)(H,31,32)(H,35,36)/t11-,12+,21?,23?/m0/s1. The molecule has 1 saturated carbocycles. The number of carboxylic acid groups (broad SMARTS) is 2. The van der Waals surface area contributed by atoms with Crippen molar-refractivity contribution in [1.29, 1.82) is 0 Å². The summed E-state index contributed by atoms with van der Waals surface area (Å²) < 4.78 is 21.1. The van der Waals surface area contributed by atoms with Crippen LogP contribution < -0.4 is 16.4 Å². The van der Waals surface area contributed by atoms with Crippen LogP contribution in [0.3, 0.4) is 0 Å². The molecule has 14 nitrogen and oxygen atoms in total. The van der Waals surface area contributed by atoms with E-state index in [0.29, 0.717) is 17.7 Å². The molecule has 0 saturated heterocycles. The lowest BCUT2D eigenvalue weighted by atomic mass is 9.91. The van der Waals surface area contributed by atoms with Crippen LogP contribution in [-0.2, 0) is 19.1 Å². The fourth-order valence-corrected chi connectivity index (χ4v) is 4.69. The highest BCUT2D eigenvalue weighted by atomic mass is 19.1. The number of carboxylic acids is 2. The highest BCUT2D eigenvalue weighted by Crippen LogP contribution is 2.39. The predicted molar refractivity (Wildman–Crippen MR) is 126 cm³/mol. The number of anilines is 1. The first-order valence-electron chi connectivity index (χ1n) is 11.9. The largest absolute Gasteiger partial charge is 0.481 e. The summed E-state index contributed by atoms with van der Waals surface area (Å²) in [6.07, 6.45) is 0.392. The van der Waals surface area contributed by atoms with Gasteiger partial charge >= 0.3 is 17.9 Å². The molecule has 3 heterocycles. The number of carbonyl (C=O) groups is 4. The first kappa shape index (κ1) is 26.9. The maximum absolute atomic E-state index is 15.9. The molecule has 1 fully saturated rings. The Morgan fingerprint density at radius 2 is 1.97 bits per heavy atom. The Labute approximate surface area is 214 Å². The average molecular weight is 535 g/mol. The van der Waals surface area contributed by atoms with Gasteiger partial charge in [0.15, 0.2) is 17.2 Å². The maximum Gasteiger partial charge on any atom is 0.336 e. The monoisotopic (exact) mass is 534 g/mol. The van der Waals surface area contributed by atoms with E-state index < -0.39 is 54.3 Å². The second-order valence-corrected chi connectivity index (χ2v) is 9.42. The number of hydrogen-bond donors (Lipinski definition) is 7. The van der Waals surface area contributed by atoms with Gasteiger partial charge in [0.25, 0.3) is 5.91 Å². The molecule has 8 N–H and O–H groups in total. The summed E-state index contributed by atoms with van der Waals surface area (Å²) in [6, 6.07) is -0.580. The number of nitrogens with zero attached hydrogens (tertiary/aromatic N) is 2. The number of pyridine rings is 1. The number of fused-ring (bicyclic) bond motifs is 1. The van der Waals surface area contributed by atoms with Crippen LogP contribution in [0.4, 0.5) is 10.2 Å². The van der Waals surface area contributed by atoms with E-state index >= 15 is 4.39 Å². The van der Waals surface area contributed by atoms with E-state index in [-0.39, 0.29) is 34.7 Å². The van der Waals surface area contributed by atoms with Crippen molar-refractivity contribution in [3.8, 4) is 11.3 Å². The van der Waals surface area contributed by atoms with E-state index in [2.05, 4.69) is 25.8 Å². The van der Waals surface area contributed by atoms with Gasteiger partial charge in [0.2, 0.25) is 6.23 Å². The molecule has 2 aliphatic rings. The fraction of sp³-hybridized carbons (Fsp3) is 0.478. The van der Waals surface area contributed by atoms with E-state index in [1.165, 1.54) is 6.20 Å².